The van der Waals surface area contributed by atoms with Crippen LogP contribution in [0.3, 0.4) is 0 Å². The molecule has 0 saturated heterocycles. The molecular formula is C54H35N3. The Kier molecular flexibility index (Phi) is 6.93. The van der Waals surface area contributed by atoms with Crippen LogP contribution in [-0.2, 0) is 0 Å². The van der Waals surface area contributed by atoms with Crippen LogP contribution in [-0.4, -0.2) is 13.7 Å². The smallest absolute Gasteiger partial charge is 0.0641 e. The van der Waals surface area contributed by atoms with Gasteiger partial charge < -0.3 is 13.7 Å². The average molecular weight is 726 g/mol. The van der Waals surface area contributed by atoms with Crippen LogP contribution in [0.25, 0.3) is 105 Å². The minimum Gasteiger partial charge on any atom is -0.309 e. The molecule has 0 atom stereocenters. The third-order valence-corrected chi connectivity index (χ3v) is 11.8. The van der Waals surface area contributed by atoms with Crippen molar-refractivity contribution in [1.29, 1.82) is 0 Å². The first-order valence-electron chi connectivity index (χ1n) is 19.6. The van der Waals surface area contributed by atoms with Gasteiger partial charge in [0, 0.05) is 49.3 Å². The highest BCUT2D eigenvalue weighted by atomic mass is 15.0. The minimum atomic E-state index is 1.15. The Hall–Kier alpha value is -7.62. The lowest BCUT2D eigenvalue weighted by atomic mass is 10.0. The molecule has 9 aromatic carbocycles. The first-order valence-corrected chi connectivity index (χ1v) is 19.6. The lowest BCUT2D eigenvalue weighted by Crippen LogP contribution is -1.98. The first kappa shape index (κ1) is 31.7. The predicted molar refractivity (Wildman–Crippen MR) is 240 cm³/mol. The van der Waals surface area contributed by atoms with E-state index in [0.717, 1.165) is 17.1 Å². The van der Waals surface area contributed by atoms with E-state index in [-0.39, 0.29) is 0 Å². The largest absolute Gasteiger partial charge is 0.309 e. The van der Waals surface area contributed by atoms with Crippen LogP contribution in [0.5, 0.6) is 0 Å². The number of nitrogens with zero attached hydrogens (tertiary/aromatic N) is 3. The normalized spacial score (nSPS) is 11.9. The molecule has 0 aliphatic carbocycles. The van der Waals surface area contributed by atoms with E-state index in [4.69, 9.17) is 0 Å². The summed E-state index contributed by atoms with van der Waals surface area (Å²) >= 11 is 0. The molecule has 3 heteroatoms. The standard InChI is InChI=1S/C54H35N3/c1-3-16-36(17-4-1)37-18-15-21-40(34-37)56-48-27-12-8-23-42(48)44-31-30-38(35-52(44)56)41-22-7-11-26-47(41)57-49-28-13-9-24-43(49)45-32-33-51-53(54(45)57)46-25-10-14-29-50(46)55(51)39-19-5-2-6-20-39/h1-35H. The quantitative estimate of drug-likeness (QED) is 0.168. The zero-order chi connectivity index (χ0) is 37.5. The molecule has 57 heavy (non-hydrogen) atoms. The van der Waals surface area contributed by atoms with Gasteiger partial charge in [0.15, 0.2) is 0 Å². The minimum absolute atomic E-state index is 1.15. The zero-order valence-electron chi connectivity index (χ0n) is 31.0. The molecule has 0 N–H and O–H groups in total. The Morgan fingerprint density at radius 1 is 0.263 bits per heavy atom. The molecule has 266 valence electrons. The monoisotopic (exact) mass is 725 g/mol. The van der Waals surface area contributed by atoms with Crippen LogP contribution in [0.4, 0.5) is 0 Å². The molecule has 0 fully saturated rings. The highest BCUT2D eigenvalue weighted by molar-refractivity contribution is 6.26. The van der Waals surface area contributed by atoms with Gasteiger partial charge in [-0.1, -0.05) is 152 Å². The second-order valence-electron chi connectivity index (χ2n) is 14.9. The Morgan fingerprint density at radius 2 is 0.807 bits per heavy atom. The summed E-state index contributed by atoms with van der Waals surface area (Å²) in [5.74, 6) is 0. The predicted octanol–water partition coefficient (Wildman–Crippen LogP) is 14.3. The van der Waals surface area contributed by atoms with E-state index in [1.165, 1.54) is 87.7 Å². The van der Waals surface area contributed by atoms with Gasteiger partial charge in [0.2, 0.25) is 0 Å². The Bertz CT molecular complexity index is 3510. The fourth-order valence-electron chi connectivity index (χ4n) is 9.40. The van der Waals surface area contributed by atoms with Gasteiger partial charge in [-0.25, -0.2) is 0 Å². The fraction of sp³-hybridized carbons (Fsp3) is 0. The molecule has 3 heterocycles. The third-order valence-electron chi connectivity index (χ3n) is 11.8. The average Bonchev–Trinajstić information content (AvgIpc) is 3.92. The number of hydrogen-bond donors (Lipinski definition) is 0. The topological polar surface area (TPSA) is 14.8 Å². The van der Waals surface area contributed by atoms with E-state index >= 15 is 0 Å². The maximum Gasteiger partial charge on any atom is 0.0641 e. The van der Waals surface area contributed by atoms with Crippen LogP contribution < -0.4 is 0 Å². The second kappa shape index (κ2) is 12.5. The molecule has 0 saturated carbocycles. The SMILES string of the molecule is c1ccc(-c2cccc(-n3c4ccccc4c4ccc(-c5ccccc5-n5c6ccccc6c6ccc7c(c8ccccc8n7-c7ccccc7)c65)cc43)c2)cc1. The number of rotatable bonds is 5. The van der Waals surface area contributed by atoms with Crippen molar-refractivity contribution in [3.05, 3.63) is 212 Å². The van der Waals surface area contributed by atoms with Gasteiger partial charge in [0.05, 0.1) is 38.8 Å². The summed E-state index contributed by atoms with van der Waals surface area (Å²) in [6.07, 6.45) is 0. The zero-order valence-corrected chi connectivity index (χ0v) is 31.0. The van der Waals surface area contributed by atoms with Crippen LogP contribution in [0, 0.1) is 0 Å². The molecule has 3 aromatic heterocycles. The number of aromatic nitrogens is 3. The highest BCUT2D eigenvalue weighted by Crippen LogP contribution is 2.44. The van der Waals surface area contributed by atoms with Crippen molar-refractivity contribution in [1.82, 2.24) is 13.7 Å². The molecule has 0 unspecified atom stereocenters. The summed E-state index contributed by atoms with van der Waals surface area (Å²) < 4.78 is 7.37. The molecule has 0 bridgehead atoms. The highest BCUT2D eigenvalue weighted by Gasteiger charge is 2.22. The Labute approximate surface area is 329 Å². The second-order valence-corrected chi connectivity index (χ2v) is 14.9. The number of para-hydroxylation sites is 5. The summed E-state index contributed by atoms with van der Waals surface area (Å²) in [6.45, 7) is 0. The van der Waals surface area contributed by atoms with Gasteiger partial charge in [-0.2, -0.15) is 0 Å². The van der Waals surface area contributed by atoms with Crippen molar-refractivity contribution in [2.45, 2.75) is 0 Å². The van der Waals surface area contributed by atoms with Gasteiger partial charge in [0.25, 0.3) is 0 Å². The van der Waals surface area contributed by atoms with E-state index in [2.05, 4.69) is 226 Å². The van der Waals surface area contributed by atoms with E-state index in [0.29, 0.717) is 0 Å². The lowest BCUT2D eigenvalue weighted by molar-refractivity contribution is 1.17. The van der Waals surface area contributed by atoms with Crippen molar-refractivity contribution >= 4 is 65.4 Å². The van der Waals surface area contributed by atoms with Gasteiger partial charge in [-0.15, -0.1) is 0 Å². The van der Waals surface area contributed by atoms with E-state index in [9.17, 15) is 0 Å². The molecular weight excluding hydrogens is 691 g/mol. The van der Waals surface area contributed by atoms with Crippen molar-refractivity contribution in [3.8, 4) is 39.3 Å². The maximum atomic E-state index is 2.52. The van der Waals surface area contributed by atoms with Crippen molar-refractivity contribution in [2.24, 2.45) is 0 Å². The number of fused-ring (bicyclic) bond motifs is 10. The van der Waals surface area contributed by atoms with Crippen molar-refractivity contribution in [2.75, 3.05) is 0 Å². The molecule has 12 rings (SSSR count). The summed E-state index contributed by atoms with van der Waals surface area (Å²) in [4.78, 5) is 0. The van der Waals surface area contributed by atoms with E-state index < -0.39 is 0 Å². The molecule has 0 spiro atoms. The van der Waals surface area contributed by atoms with E-state index in [1.807, 2.05) is 0 Å². The molecule has 0 aliphatic rings. The van der Waals surface area contributed by atoms with E-state index in [1.54, 1.807) is 0 Å². The molecule has 0 amide bonds. The Balaban J connectivity index is 1.14. The summed E-state index contributed by atoms with van der Waals surface area (Å²) in [5, 5.41) is 7.48. The summed E-state index contributed by atoms with van der Waals surface area (Å²) in [6, 6.07) is 77.4. The van der Waals surface area contributed by atoms with Crippen LogP contribution in [0.15, 0.2) is 212 Å². The molecule has 0 aliphatic heterocycles. The van der Waals surface area contributed by atoms with Crippen LogP contribution in [0.2, 0.25) is 0 Å². The molecule has 12 aromatic rings. The summed E-state index contributed by atoms with van der Waals surface area (Å²) in [5.41, 5.74) is 15.4. The van der Waals surface area contributed by atoms with Crippen LogP contribution >= 0.6 is 0 Å². The summed E-state index contributed by atoms with van der Waals surface area (Å²) in [7, 11) is 0. The fourth-order valence-corrected chi connectivity index (χ4v) is 9.40. The lowest BCUT2D eigenvalue weighted by Gasteiger charge is -2.16. The third kappa shape index (κ3) is 4.73. The molecule has 3 nitrogen and oxygen atoms in total. The van der Waals surface area contributed by atoms with Crippen LogP contribution in [0.1, 0.15) is 0 Å². The number of benzene rings is 9. The maximum absolute atomic E-state index is 2.52. The Morgan fingerprint density at radius 3 is 1.60 bits per heavy atom. The van der Waals surface area contributed by atoms with Crippen molar-refractivity contribution < 1.29 is 0 Å². The van der Waals surface area contributed by atoms with Gasteiger partial charge in [-0.3, -0.25) is 0 Å². The van der Waals surface area contributed by atoms with Gasteiger partial charge in [0.1, 0.15) is 0 Å². The van der Waals surface area contributed by atoms with Gasteiger partial charge >= 0.3 is 0 Å². The van der Waals surface area contributed by atoms with Crippen molar-refractivity contribution in [3.63, 3.8) is 0 Å². The number of hydrogen-bond acceptors (Lipinski definition) is 0. The first-order chi connectivity index (χ1) is 28.3. The molecule has 0 radical (unpaired) electrons. The van der Waals surface area contributed by atoms with Gasteiger partial charge in [-0.05, 0) is 77.4 Å².